The van der Waals surface area contributed by atoms with Crippen LogP contribution in [0.1, 0.15) is 23.3 Å². The summed E-state index contributed by atoms with van der Waals surface area (Å²) in [6, 6.07) is 3.59. The SMILES string of the molecule is Cl.O=C(COCC1CCNCC1)c1ccc[nH]1. The lowest BCUT2D eigenvalue weighted by atomic mass is 9.99. The maximum atomic E-state index is 11.6. The van der Waals surface area contributed by atoms with Gasteiger partial charge in [0, 0.05) is 6.20 Å². The fraction of sp³-hybridized carbons (Fsp3) is 0.583. The Morgan fingerprint density at radius 3 is 2.82 bits per heavy atom. The summed E-state index contributed by atoms with van der Waals surface area (Å²) in [5, 5.41) is 3.31. The second-order valence-corrected chi connectivity index (χ2v) is 4.22. The lowest BCUT2D eigenvalue weighted by Crippen LogP contribution is -2.30. The third-order valence-electron chi connectivity index (χ3n) is 2.94. The van der Waals surface area contributed by atoms with E-state index in [2.05, 4.69) is 10.3 Å². The summed E-state index contributed by atoms with van der Waals surface area (Å²) in [5.41, 5.74) is 0.630. The highest BCUT2D eigenvalue weighted by atomic mass is 35.5. The van der Waals surface area contributed by atoms with Gasteiger partial charge >= 0.3 is 0 Å². The molecule has 1 aliphatic rings. The van der Waals surface area contributed by atoms with E-state index in [4.69, 9.17) is 4.74 Å². The number of Topliss-reactive ketones (excluding diaryl/α,β-unsaturated/α-hetero) is 1. The van der Waals surface area contributed by atoms with E-state index >= 15 is 0 Å². The van der Waals surface area contributed by atoms with Crippen molar-refractivity contribution in [1.29, 1.82) is 0 Å². The number of hydrogen-bond acceptors (Lipinski definition) is 3. The van der Waals surface area contributed by atoms with Crippen molar-refractivity contribution in [2.24, 2.45) is 5.92 Å². The first-order valence-electron chi connectivity index (χ1n) is 5.81. The normalized spacial score (nSPS) is 16.5. The predicted octanol–water partition coefficient (Wildman–Crippen LogP) is 1.64. The topological polar surface area (TPSA) is 54.1 Å². The van der Waals surface area contributed by atoms with Gasteiger partial charge in [0.15, 0.2) is 0 Å². The zero-order valence-corrected chi connectivity index (χ0v) is 10.6. The molecule has 0 radical (unpaired) electrons. The number of aromatic amines is 1. The standard InChI is InChI=1S/C12H18N2O2.ClH/c15-12(11-2-1-5-14-11)9-16-8-10-3-6-13-7-4-10;/h1-2,5,10,13-14H,3-4,6-9H2;1H. The van der Waals surface area contributed by atoms with E-state index in [0.29, 0.717) is 18.2 Å². The number of halogens is 1. The Labute approximate surface area is 108 Å². The summed E-state index contributed by atoms with van der Waals surface area (Å²) in [6.07, 6.45) is 4.05. The number of carbonyl (C=O) groups is 1. The first kappa shape index (κ1) is 14.2. The Hall–Kier alpha value is -0.840. The molecule has 0 unspecified atom stereocenters. The summed E-state index contributed by atoms with van der Waals surface area (Å²) in [5.74, 6) is 0.636. The van der Waals surface area contributed by atoms with Gasteiger partial charge in [-0.05, 0) is 44.0 Å². The molecule has 96 valence electrons. The predicted molar refractivity (Wildman–Crippen MR) is 68.8 cm³/mol. The minimum absolute atomic E-state index is 0. The number of nitrogens with one attached hydrogen (secondary N) is 2. The molecule has 1 aromatic heterocycles. The molecule has 1 aliphatic heterocycles. The van der Waals surface area contributed by atoms with Crippen LogP contribution >= 0.6 is 12.4 Å². The van der Waals surface area contributed by atoms with E-state index < -0.39 is 0 Å². The van der Waals surface area contributed by atoms with Gasteiger partial charge in [0.2, 0.25) is 5.78 Å². The van der Waals surface area contributed by atoms with Crippen LogP contribution in [0.2, 0.25) is 0 Å². The lowest BCUT2D eigenvalue weighted by Gasteiger charge is -2.22. The van der Waals surface area contributed by atoms with Crippen LogP contribution in [-0.4, -0.2) is 37.1 Å². The monoisotopic (exact) mass is 258 g/mol. The average molecular weight is 259 g/mol. The molecule has 1 aromatic rings. The van der Waals surface area contributed by atoms with Crippen molar-refractivity contribution in [1.82, 2.24) is 10.3 Å². The van der Waals surface area contributed by atoms with Crippen LogP contribution in [0.15, 0.2) is 18.3 Å². The Balaban J connectivity index is 0.00000144. The van der Waals surface area contributed by atoms with Crippen molar-refractivity contribution < 1.29 is 9.53 Å². The molecule has 2 rings (SSSR count). The van der Waals surface area contributed by atoms with Crippen LogP contribution in [0.25, 0.3) is 0 Å². The van der Waals surface area contributed by atoms with Crippen LogP contribution in [0, 0.1) is 5.92 Å². The van der Waals surface area contributed by atoms with E-state index in [1.54, 1.807) is 12.3 Å². The number of hydrogen-bond donors (Lipinski definition) is 2. The minimum Gasteiger partial charge on any atom is -0.373 e. The third-order valence-corrected chi connectivity index (χ3v) is 2.94. The van der Waals surface area contributed by atoms with Gasteiger partial charge < -0.3 is 15.0 Å². The third kappa shape index (κ3) is 4.50. The van der Waals surface area contributed by atoms with Crippen molar-refractivity contribution in [3.8, 4) is 0 Å². The molecule has 1 fully saturated rings. The number of carbonyl (C=O) groups excluding carboxylic acids is 1. The summed E-state index contributed by atoms with van der Waals surface area (Å²) < 4.78 is 5.46. The smallest absolute Gasteiger partial charge is 0.204 e. The van der Waals surface area contributed by atoms with Crippen molar-refractivity contribution in [2.45, 2.75) is 12.8 Å². The van der Waals surface area contributed by atoms with Crippen molar-refractivity contribution >= 4 is 18.2 Å². The number of aromatic nitrogens is 1. The summed E-state index contributed by atoms with van der Waals surface area (Å²) in [6.45, 7) is 3.02. The summed E-state index contributed by atoms with van der Waals surface area (Å²) in [7, 11) is 0. The molecule has 5 heteroatoms. The van der Waals surface area contributed by atoms with Crippen LogP contribution in [-0.2, 0) is 4.74 Å². The van der Waals surface area contributed by atoms with Gasteiger partial charge in [-0.3, -0.25) is 4.79 Å². The number of piperidine rings is 1. The van der Waals surface area contributed by atoms with Crippen LogP contribution < -0.4 is 5.32 Å². The second-order valence-electron chi connectivity index (χ2n) is 4.22. The van der Waals surface area contributed by atoms with Crippen LogP contribution in [0.3, 0.4) is 0 Å². The Morgan fingerprint density at radius 2 is 2.18 bits per heavy atom. The molecule has 0 saturated carbocycles. The molecule has 0 spiro atoms. The Bertz CT molecular complexity index is 321. The van der Waals surface area contributed by atoms with Gasteiger partial charge in [-0.2, -0.15) is 0 Å². The molecular formula is C12H19ClN2O2. The van der Waals surface area contributed by atoms with E-state index in [1.165, 1.54) is 0 Å². The number of ether oxygens (including phenoxy) is 1. The first-order chi connectivity index (χ1) is 7.86. The molecule has 2 heterocycles. The number of H-pyrrole nitrogens is 1. The fourth-order valence-electron chi connectivity index (χ4n) is 1.95. The average Bonchev–Trinajstić information content (AvgIpc) is 2.84. The number of rotatable bonds is 5. The molecule has 1 saturated heterocycles. The second kappa shape index (κ2) is 7.48. The van der Waals surface area contributed by atoms with Crippen LogP contribution in [0.4, 0.5) is 0 Å². The molecule has 2 N–H and O–H groups in total. The summed E-state index contributed by atoms with van der Waals surface area (Å²) in [4.78, 5) is 14.5. The molecule has 0 amide bonds. The number of ketones is 1. The van der Waals surface area contributed by atoms with Gasteiger partial charge in [-0.1, -0.05) is 0 Å². The quantitative estimate of drug-likeness (QED) is 0.790. The lowest BCUT2D eigenvalue weighted by molar-refractivity contribution is 0.0634. The zero-order chi connectivity index (χ0) is 11.2. The van der Waals surface area contributed by atoms with Gasteiger partial charge in [0.25, 0.3) is 0 Å². The maximum absolute atomic E-state index is 11.6. The van der Waals surface area contributed by atoms with Crippen molar-refractivity contribution in [3.05, 3.63) is 24.0 Å². The fourth-order valence-corrected chi connectivity index (χ4v) is 1.95. The first-order valence-corrected chi connectivity index (χ1v) is 5.81. The Kier molecular flexibility index (Phi) is 6.26. The van der Waals surface area contributed by atoms with Crippen molar-refractivity contribution in [2.75, 3.05) is 26.3 Å². The maximum Gasteiger partial charge on any atom is 0.204 e. The van der Waals surface area contributed by atoms with E-state index in [1.807, 2.05) is 6.07 Å². The molecular weight excluding hydrogens is 240 g/mol. The summed E-state index contributed by atoms with van der Waals surface area (Å²) >= 11 is 0. The Morgan fingerprint density at radius 1 is 1.41 bits per heavy atom. The minimum atomic E-state index is 0. The van der Waals surface area contributed by atoms with E-state index in [0.717, 1.165) is 25.9 Å². The molecule has 17 heavy (non-hydrogen) atoms. The van der Waals surface area contributed by atoms with E-state index in [9.17, 15) is 4.79 Å². The highest BCUT2D eigenvalue weighted by Gasteiger charge is 2.14. The van der Waals surface area contributed by atoms with E-state index in [-0.39, 0.29) is 24.8 Å². The zero-order valence-electron chi connectivity index (χ0n) is 9.78. The molecule has 0 bridgehead atoms. The molecule has 4 nitrogen and oxygen atoms in total. The largest absolute Gasteiger partial charge is 0.373 e. The highest BCUT2D eigenvalue weighted by Crippen LogP contribution is 2.11. The van der Waals surface area contributed by atoms with Gasteiger partial charge in [0.05, 0.1) is 12.3 Å². The van der Waals surface area contributed by atoms with Crippen LogP contribution in [0.5, 0.6) is 0 Å². The van der Waals surface area contributed by atoms with Crippen molar-refractivity contribution in [3.63, 3.8) is 0 Å². The van der Waals surface area contributed by atoms with Gasteiger partial charge in [-0.15, -0.1) is 12.4 Å². The van der Waals surface area contributed by atoms with Gasteiger partial charge in [-0.25, -0.2) is 0 Å². The molecule has 0 aliphatic carbocycles. The molecule has 0 aromatic carbocycles. The molecule has 0 atom stereocenters. The van der Waals surface area contributed by atoms with Gasteiger partial charge in [0.1, 0.15) is 6.61 Å². The highest BCUT2D eigenvalue weighted by molar-refractivity contribution is 5.95.